The van der Waals surface area contributed by atoms with Crippen LogP contribution in [0.5, 0.6) is 0 Å². The fourth-order valence-electron chi connectivity index (χ4n) is 2.76. The molecule has 128 valence electrons. The summed E-state index contributed by atoms with van der Waals surface area (Å²) in [4.78, 5) is 3.99. The van der Waals surface area contributed by atoms with Gasteiger partial charge in [-0.1, -0.05) is 24.1 Å². The highest BCUT2D eigenvalue weighted by molar-refractivity contribution is 7.17. The highest BCUT2D eigenvalue weighted by atomic mass is 35.5. The van der Waals surface area contributed by atoms with E-state index in [0.717, 1.165) is 24.6 Å². The molecule has 5 heteroatoms. The van der Waals surface area contributed by atoms with Crippen molar-refractivity contribution < 1.29 is 4.74 Å². The molecule has 1 N–H and O–H groups in total. The number of allylic oxidation sites excluding steroid dienone is 3. The Balaban J connectivity index is 2.63. The number of hydrogen-bond donors (Lipinski definition) is 1. The number of ether oxygens (including phenoxy) is 1. The molecule has 0 saturated heterocycles. The summed E-state index contributed by atoms with van der Waals surface area (Å²) >= 11 is 6.04. The Labute approximate surface area is 148 Å². The standard InChI is InChI=1S/C18H28ClN2OP/c1-6-12(2)21-18(19)9-13(3)22-14(4)17(15-7-8-15)10-16(23)11-20-5/h1,9,14-17,20H,2,7-8,10-11,23H2,3-5H3/b13-9+,21-18+/t14-,16+,17?/m0/s1. The van der Waals surface area contributed by atoms with Crippen LogP contribution in [0.1, 0.15) is 33.1 Å². The van der Waals surface area contributed by atoms with E-state index >= 15 is 0 Å². The van der Waals surface area contributed by atoms with Gasteiger partial charge in [0.05, 0.1) is 11.9 Å². The summed E-state index contributed by atoms with van der Waals surface area (Å²) in [6, 6.07) is 0. The van der Waals surface area contributed by atoms with Crippen molar-refractivity contribution in [3.8, 4) is 12.3 Å². The predicted octanol–water partition coefficient (Wildman–Crippen LogP) is 3.96. The minimum atomic E-state index is 0.152. The van der Waals surface area contributed by atoms with E-state index in [4.69, 9.17) is 22.8 Å². The lowest BCUT2D eigenvalue weighted by atomic mass is 9.92. The van der Waals surface area contributed by atoms with Crippen LogP contribution in [-0.2, 0) is 4.74 Å². The third-order valence-electron chi connectivity index (χ3n) is 3.97. The molecule has 0 aromatic rings. The van der Waals surface area contributed by atoms with Gasteiger partial charge in [0.1, 0.15) is 10.9 Å². The zero-order valence-corrected chi connectivity index (χ0v) is 16.2. The molecule has 0 heterocycles. The molecular formula is C18H28ClN2OP. The summed E-state index contributed by atoms with van der Waals surface area (Å²) in [7, 11) is 4.92. The Morgan fingerprint density at radius 3 is 2.78 bits per heavy atom. The summed E-state index contributed by atoms with van der Waals surface area (Å²) in [5, 5.41) is 3.52. The zero-order valence-electron chi connectivity index (χ0n) is 14.3. The Bertz CT molecular complexity index is 506. The third-order valence-corrected chi connectivity index (χ3v) is 4.68. The number of nitrogens with zero attached hydrogens (tertiary/aromatic N) is 1. The SMILES string of the molecule is C#CC(=C)/N=C(Cl)\C=C(/C)O[C@@H](C)C(C[C@@H](P)CNC)C1CC1. The number of terminal acetylenes is 1. The molecule has 2 unspecified atom stereocenters. The van der Waals surface area contributed by atoms with Crippen molar-refractivity contribution in [2.24, 2.45) is 16.8 Å². The number of nitrogens with one attached hydrogen (secondary N) is 1. The largest absolute Gasteiger partial charge is 0.495 e. The van der Waals surface area contributed by atoms with E-state index in [-0.39, 0.29) is 6.10 Å². The summed E-state index contributed by atoms with van der Waals surface area (Å²) < 4.78 is 6.06. The molecule has 0 amide bonds. The monoisotopic (exact) mass is 354 g/mol. The van der Waals surface area contributed by atoms with Crippen molar-refractivity contribution in [3.05, 3.63) is 24.1 Å². The van der Waals surface area contributed by atoms with Gasteiger partial charge in [-0.15, -0.1) is 15.7 Å². The van der Waals surface area contributed by atoms with Crippen LogP contribution in [0, 0.1) is 24.2 Å². The predicted molar refractivity (Wildman–Crippen MR) is 104 cm³/mol. The first-order valence-electron chi connectivity index (χ1n) is 8.02. The van der Waals surface area contributed by atoms with Gasteiger partial charge in [0.15, 0.2) is 0 Å². The van der Waals surface area contributed by atoms with Gasteiger partial charge in [-0.3, -0.25) is 0 Å². The lowest BCUT2D eigenvalue weighted by Crippen LogP contribution is -2.28. The molecule has 0 radical (unpaired) electrons. The van der Waals surface area contributed by atoms with Gasteiger partial charge in [-0.25, -0.2) is 4.99 Å². The van der Waals surface area contributed by atoms with Gasteiger partial charge >= 0.3 is 0 Å². The van der Waals surface area contributed by atoms with Gasteiger partial charge in [0, 0.05) is 12.6 Å². The molecule has 23 heavy (non-hydrogen) atoms. The van der Waals surface area contributed by atoms with Crippen LogP contribution in [-0.4, -0.2) is 30.5 Å². The fourth-order valence-corrected chi connectivity index (χ4v) is 3.57. The molecule has 3 nitrogen and oxygen atoms in total. The van der Waals surface area contributed by atoms with Gasteiger partial charge in [0.25, 0.3) is 0 Å². The topological polar surface area (TPSA) is 33.6 Å². The number of rotatable bonds is 10. The molecule has 0 aliphatic heterocycles. The number of aliphatic imine (C=N–C) groups is 1. The number of halogens is 1. The second-order valence-corrected chi connectivity index (χ2v) is 7.49. The van der Waals surface area contributed by atoms with Crippen LogP contribution in [0.2, 0.25) is 0 Å². The molecule has 0 spiro atoms. The molecule has 1 saturated carbocycles. The summed E-state index contributed by atoms with van der Waals surface area (Å²) in [6.45, 7) is 8.64. The fraction of sp³-hybridized carbons (Fsp3) is 0.611. The van der Waals surface area contributed by atoms with Gasteiger partial charge < -0.3 is 10.1 Å². The third kappa shape index (κ3) is 8.02. The van der Waals surface area contributed by atoms with Crippen LogP contribution < -0.4 is 5.32 Å². The zero-order chi connectivity index (χ0) is 17.4. The Morgan fingerprint density at radius 1 is 1.61 bits per heavy atom. The maximum atomic E-state index is 6.06. The van der Waals surface area contributed by atoms with Crippen molar-refractivity contribution in [1.29, 1.82) is 0 Å². The van der Waals surface area contributed by atoms with Gasteiger partial charge in [0.2, 0.25) is 0 Å². The van der Waals surface area contributed by atoms with E-state index in [9.17, 15) is 0 Å². The molecule has 0 aromatic heterocycles. The summed E-state index contributed by atoms with van der Waals surface area (Å²) in [5.74, 6) is 4.43. The van der Waals surface area contributed by atoms with E-state index in [1.165, 1.54) is 12.8 Å². The maximum Gasteiger partial charge on any atom is 0.133 e. The summed E-state index contributed by atoms with van der Waals surface area (Å²) in [5.41, 5.74) is 0.867. The minimum Gasteiger partial charge on any atom is -0.495 e. The van der Waals surface area contributed by atoms with Crippen LogP contribution in [0.4, 0.5) is 0 Å². The minimum absolute atomic E-state index is 0.152. The van der Waals surface area contributed by atoms with Crippen molar-refractivity contribution in [2.75, 3.05) is 13.6 Å². The second-order valence-electron chi connectivity index (χ2n) is 6.16. The molecule has 1 aliphatic carbocycles. The molecule has 0 bridgehead atoms. The molecule has 1 rings (SSSR count). The Kier molecular flexibility index (Phi) is 8.92. The lowest BCUT2D eigenvalue weighted by molar-refractivity contribution is 0.0657. The van der Waals surface area contributed by atoms with E-state index in [0.29, 0.717) is 22.4 Å². The lowest BCUT2D eigenvalue weighted by Gasteiger charge is -2.27. The van der Waals surface area contributed by atoms with Crippen molar-refractivity contribution >= 4 is 26.0 Å². The van der Waals surface area contributed by atoms with Crippen molar-refractivity contribution in [2.45, 2.75) is 44.9 Å². The van der Waals surface area contributed by atoms with Crippen LogP contribution >= 0.6 is 20.8 Å². The average Bonchev–Trinajstić information content (AvgIpc) is 3.28. The highest BCUT2D eigenvalue weighted by Gasteiger charge is 2.36. The first kappa shape index (κ1) is 20.2. The van der Waals surface area contributed by atoms with Gasteiger partial charge in [-0.05, 0) is 57.7 Å². The second kappa shape index (κ2) is 10.1. The van der Waals surface area contributed by atoms with Crippen molar-refractivity contribution in [1.82, 2.24) is 5.32 Å². The van der Waals surface area contributed by atoms with Crippen LogP contribution in [0.3, 0.4) is 0 Å². The molecule has 0 aromatic carbocycles. The Morgan fingerprint density at radius 2 is 2.26 bits per heavy atom. The number of hydrogen-bond acceptors (Lipinski definition) is 3. The Hall–Kier alpha value is -0.810. The highest BCUT2D eigenvalue weighted by Crippen LogP contribution is 2.42. The quantitative estimate of drug-likeness (QED) is 0.279. The molecular weight excluding hydrogens is 327 g/mol. The molecule has 4 atom stereocenters. The van der Waals surface area contributed by atoms with E-state index < -0.39 is 0 Å². The van der Waals surface area contributed by atoms with Gasteiger partial charge in [-0.2, -0.15) is 0 Å². The summed E-state index contributed by atoms with van der Waals surface area (Å²) in [6.07, 6.45) is 10.8. The van der Waals surface area contributed by atoms with Crippen LogP contribution in [0.15, 0.2) is 29.1 Å². The van der Waals surface area contributed by atoms with E-state index in [1.807, 2.05) is 14.0 Å². The molecule has 1 fully saturated rings. The molecule has 1 aliphatic rings. The average molecular weight is 355 g/mol. The van der Waals surface area contributed by atoms with Crippen LogP contribution in [0.25, 0.3) is 0 Å². The van der Waals surface area contributed by atoms with E-state index in [1.54, 1.807) is 6.08 Å². The normalized spacial score (nSPS) is 19.7. The first-order chi connectivity index (χ1) is 10.9. The van der Waals surface area contributed by atoms with Crippen molar-refractivity contribution in [3.63, 3.8) is 0 Å². The van der Waals surface area contributed by atoms with E-state index in [2.05, 4.69) is 39.0 Å². The smallest absolute Gasteiger partial charge is 0.133 e. The maximum absolute atomic E-state index is 6.06. The first-order valence-corrected chi connectivity index (χ1v) is 9.06.